The molecule has 0 aliphatic rings. The second-order valence-electron chi connectivity index (χ2n) is 4.51. The Morgan fingerprint density at radius 3 is 2.68 bits per heavy atom. The fourth-order valence-electron chi connectivity index (χ4n) is 2.05. The molecule has 5 heteroatoms. The first kappa shape index (κ1) is 13.7. The molecule has 0 unspecified atom stereocenters. The maximum atomic E-state index is 12.4. The third kappa shape index (κ3) is 3.38. The minimum absolute atomic E-state index is 0.0164. The molecule has 1 amide bonds. The Morgan fingerprint density at radius 2 is 2.11 bits per heavy atom. The van der Waals surface area contributed by atoms with E-state index in [1.165, 1.54) is 11.3 Å². The topological polar surface area (TPSA) is 54.9 Å². The molecule has 100 valence electrons. The van der Waals surface area contributed by atoms with E-state index in [4.69, 9.17) is 0 Å². The first-order valence-corrected chi connectivity index (χ1v) is 7.22. The zero-order valence-corrected chi connectivity index (χ0v) is 11.9. The number of anilines is 1. The van der Waals surface area contributed by atoms with Crippen LogP contribution in [0.25, 0.3) is 0 Å². The number of hydrogen-bond donors (Lipinski definition) is 1. The Labute approximate surface area is 116 Å². The Balaban J connectivity index is 2.20. The van der Waals surface area contributed by atoms with E-state index in [2.05, 4.69) is 29.4 Å². The van der Waals surface area contributed by atoms with Crippen LogP contribution in [0, 0.1) is 5.92 Å². The maximum absolute atomic E-state index is 12.4. The molecule has 19 heavy (non-hydrogen) atoms. The van der Waals surface area contributed by atoms with Crippen molar-refractivity contribution in [1.82, 2.24) is 10.2 Å². The Bertz CT molecular complexity index is 513. The lowest BCUT2D eigenvalue weighted by atomic mass is 9.85. The molecule has 0 radical (unpaired) electrons. The monoisotopic (exact) mass is 275 g/mol. The minimum Gasteiger partial charge on any atom is -0.300 e. The largest absolute Gasteiger partial charge is 0.300 e. The zero-order valence-electron chi connectivity index (χ0n) is 11.0. The van der Waals surface area contributed by atoms with Crippen LogP contribution in [0.15, 0.2) is 35.8 Å². The molecule has 0 bridgehead atoms. The summed E-state index contributed by atoms with van der Waals surface area (Å²) >= 11 is 1.33. The van der Waals surface area contributed by atoms with E-state index >= 15 is 0 Å². The van der Waals surface area contributed by atoms with Gasteiger partial charge < -0.3 is 0 Å². The molecule has 1 heterocycles. The van der Waals surface area contributed by atoms with Crippen molar-refractivity contribution in [2.45, 2.75) is 26.2 Å². The standard InChI is InChI=1S/C14H17N3OS/c1-3-10(2)12(11-7-5-4-6-8-11)13(18)16-14-17-15-9-19-14/h4-10,12H,3H2,1-2H3,(H,16,17,18)/t10-,12+/m0/s1. The van der Waals surface area contributed by atoms with E-state index in [1.807, 2.05) is 30.3 Å². The summed E-state index contributed by atoms with van der Waals surface area (Å²) in [5, 5.41) is 11.0. The summed E-state index contributed by atoms with van der Waals surface area (Å²) in [7, 11) is 0. The molecular formula is C14H17N3OS. The number of carbonyl (C=O) groups excluding carboxylic acids is 1. The molecular weight excluding hydrogens is 258 g/mol. The number of carbonyl (C=O) groups is 1. The van der Waals surface area contributed by atoms with Crippen molar-refractivity contribution in [1.29, 1.82) is 0 Å². The quantitative estimate of drug-likeness (QED) is 0.910. The highest BCUT2D eigenvalue weighted by Crippen LogP contribution is 2.28. The van der Waals surface area contributed by atoms with Crippen LogP contribution in [-0.2, 0) is 4.79 Å². The number of aromatic nitrogens is 2. The summed E-state index contributed by atoms with van der Waals surface area (Å²) in [6.07, 6.45) is 0.948. The van der Waals surface area contributed by atoms with Gasteiger partial charge >= 0.3 is 0 Å². The van der Waals surface area contributed by atoms with E-state index in [0.29, 0.717) is 5.13 Å². The number of hydrogen-bond acceptors (Lipinski definition) is 4. The van der Waals surface area contributed by atoms with Gasteiger partial charge in [-0.1, -0.05) is 61.9 Å². The molecule has 2 aromatic rings. The molecule has 0 fully saturated rings. The molecule has 0 aliphatic carbocycles. The average molecular weight is 275 g/mol. The molecule has 0 saturated carbocycles. The van der Waals surface area contributed by atoms with Gasteiger partial charge in [0.05, 0.1) is 5.92 Å². The van der Waals surface area contributed by atoms with Gasteiger partial charge in [0.2, 0.25) is 11.0 Å². The molecule has 0 saturated heterocycles. The predicted molar refractivity (Wildman–Crippen MR) is 77.2 cm³/mol. The van der Waals surface area contributed by atoms with Crippen LogP contribution in [0.1, 0.15) is 31.7 Å². The van der Waals surface area contributed by atoms with Gasteiger partial charge in [-0.3, -0.25) is 10.1 Å². The first-order valence-electron chi connectivity index (χ1n) is 6.34. The molecule has 1 aromatic heterocycles. The third-order valence-electron chi connectivity index (χ3n) is 3.24. The van der Waals surface area contributed by atoms with Gasteiger partial charge in [-0.2, -0.15) is 0 Å². The molecule has 0 aliphatic heterocycles. The molecule has 1 N–H and O–H groups in total. The van der Waals surface area contributed by atoms with E-state index in [0.717, 1.165) is 12.0 Å². The summed E-state index contributed by atoms with van der Waals surface area (Å²) in [6.45, 7) is 4.19. The summed E-state index contributed by atoms with van der Waals surface area (Å²) in [4.78, 5) is 12.4. The minimum atomic E-state index is -0.157. The number of rotatable bonds is 5. The van der Waals surface area contributed by atoms with E-state index in [1.54, 1.807) is 5.51 Å². The van der Waals surface area contributed by atoms with E-state index in [9.17, 15) is 4.79 Å². The Kier molecular flexibility index (Phi) is 4.63. The van der Waals surface area contributed by atoms with Gasteiger partial charge in [-0.05, 0) is 11.5 Å². The van der Waals surface area contributed by atoms with Crippen molar-refractivity contribution < 1.29 is 4.79 Å². The van der Waals surface area contributed by atoms with Crippen LogP contribution in [-0.4, -0.2) is 16.1 Å². The summed E-state index contributed by atoms with van der Waals surface area (Å²) < 4.78 is 0. The van der Waals surface area contributed by atoms with Crippen LogP contribution < -0.4 is 5.32 Å². The fraction of sp³-hybridized carbons (Fsp3) is 0.357. The van der Waals surface area contributed by atoms with Gasteiger partial charge in [0.15, 0.2) is 0 Å². The number of benzene rings is 1. The Morgan fingerprint density at radius 1 is 1.37 bits per heavy atom. The van der Waals surface area contributed by atoms with Crippen LogP contribution in [0.2, 0.25) is 0 Å². The maximum Gasteiger partial charge on any atom is 0.234 e. The lowest BCUT2D eigenvalue weighted by Crippen LogP contribution is -2.26. The van der Waals surface area contributed by atoms with Gasteiger partial charge in [-0.15, -0.1) is 10.2 Å². The SMILES string of the molecule is CC[C@H](C)[C@@H](C(=O)Nc1nncs1)c1ccccc1. The number of nitrogens with zero attached hydrogens (tertiary/aromatic N) is 2. The molecule has 0 spiro atoms. The summed E-state index contributed by atoms with van der Waals surface area (Å²) in [6, 6.07) is 9.87. The molecule has 4 nitrogen and oxygen atoms in total. The summed E-state index contributed by atoms with van der Waals surface area (Å²) in [5.74, 6) is 0.0997. The van der Waals surface area contributed by atoms with Crippen molar-refractivity contribution >= 4 is 22.4 Å². The molecule has 1 aromatic carbocycles. The first-order chi connectivity index (χ1) is 9.22. The lowest BCUT2D eigenvalue weighted by Gasteiger charge is -2.22. The summed E-state index contributed by atoms with van der Waals surface area (Å²) in [5.41, 5.74) is 2.65. The highest BCUT2D eigenvalue weighted by molar-refractivity contribution is 7.13. The second-order valence-corrected chi connectivity index (χ2v) is 5.34. The highest BCUT2D eigenvalue weighted by atomic mass is 32.1. The van der Waals surface area contributed by atoms with Gasteiger partial charge in [0, 0.05) is 0 Å². The zero-order chi connectivity index (χ0) is 13.7. The van der Waals surface area contributed by atoms with Crippen molar-refractivity contribution in [2.24, 2.45) is 5.92 Å². The van der Waals surface area contributed by atoms with Crippen molar-refractivity contribution in [2.75, 3.05) is 5.32 Å². The van der Waals surface area contributed by atoms with Gasteiger partial charge in [0.25, 0.3) is 0 Å². The number of nitrogens with one attached hydrogen (secondary N) is 1. The van der Waals surface area contributed by atoms with Gasteiger partial charge in [0.1, 0.15) is 5.51 Å². The van der Waals surface area contributed by atoms with Crippen LogP contribution in [0.3, 0.4) is 0 Å². The third-order valence-corrected chi connectivity index (χ3v) is 3.85. The van der Waals surface area contributed by atoms with E-state index < -0.39 is 0 Å². The van der Waals surface area contributed by atoms with Gasteiger partial charge in [-0.25, -0.2) is 0 Å². The lowest BCUT2D eigenvalue weighted by molar-refractivity contribution is -0.118. The van der Waals surface area contributed by atoms with Crippen LogP contribution in [0.4, 0.5) is 5.13 Å². The normalized spacial score (nSPS) is 13.8. The fourth-order valence-corrected chi connectivity index (χ4v) is 2.49. The smallest absolute Gasteiger partial charge is 0.234 e. The average Bonchev–Trinajstić information content (AvgIpc) is 2.93. The molecule has 2 atom stereocenters. The van der Waals surface area contributed by atoms with Crippen molar-refractivity contribution in [3.05, 3.63) is 41.4 Å². The van der Waals surface area contributed by atoms with Crippen LogP contribution >= 0.6 is 11.3 Å². The van der Waals surface area contributed by atoms with Crippen molar-refractivity contribution in [3.63, 3.8) is 0 Å². The van der Waals surface area contributed by atoms with Crippen molar-refractivity contribution in [3.8, 4) is 0 Å². The second kappa shape index (κ2) is 6.43. The highest BCUT2D eigenvalue weighted by Gasteiger charge is 2.26. The number of amides is 1. The van der Waals surface area contributed by atoms with Crippen LogP contribution in [0.5, 0.6) is 0 Å². The van der Waals surface area contributed by atoms with E-state index in [-0.39, 0.29) is 17.7 Å². The Hall–Kier alpha value is -1.75. The predicted octanol–water partition coefficient (Wildman–Crippen LogP) is 3.31. The molecule has 2 rings (SSSR count).